The molecule has 138 valence electrons. The van der Waals surface area contributed by atoms with Gasteiger partial charge in [-0.25, -0.2) is 9.98 Å². The fraction of sp³-hybridized carbons (Fsp3) is 0.400. The Labute approximate surface area is 154 Å². The van der Waals surface area contributed by atoms with Gasteiger partial charge in [0.25, 0.3) is 0 Å². The molecule has 6 nitrogen and oxygen atoms in total. The second-order valence-corrected chi connectivity index (χ2v) is 6.44. The van der Waals surface area contributed by atoms with Crippen LogP contribution in [0.15, 0.2) is 47.6 Å². The van der Waals surface area contributed by atoms with Crippen LogP contribution in [0.3, 0.4) is 0 Å². The molecule has 0 bridgehead atoms. The Hall–Kier alpha value is -2.76. The van der Waals surface area contributed by atoms with Crippen molar-refractivity contribution in [2.24, 2.45) is 10.7 Å². The van der Waals surface area contributed by atoms with Crippen LogP contribution in [0.4, 0.5) is 5.69 Å². The molecule has 1 aromatic carbocycles. The third kappa shape index (κ3) is 5.37. The number of aliphatic imine (C=N–C) groups is 1. The number of hydrogen-bond acceptors (Lipinski definition) is 4. The van der Waals surface area contributed by atoms with Gasteiger partial charge < -0.3 is 20.5 Å². The number of rotatable bonds is 6. The minimum Gasteiger partial charge on any atom is -0.497 e. The van der Waals surface area contributed by atoms with Crippen LogP contribution in [0.25, 0.3) is 0 Å². The molecule has 1 heterocycles. The van der Waals surface area contributed by atoms with Gasteiger partial charge in [-0.2, -0.15) is 0 Å². The number of methoxy groups -OCH3 is 1. The Bertz CT molecular complexity index is 725. The molecule has 0 amide bonds. The summed E-state index contributed by atoms with van der Waals surface area (Å²) >= 11 is 0. The van der Waals surface area contributed by atoms with E-state index in [1.165, 1.54) is 19.3 Å². The molecule has 1 aliphatic carbocycles. The molecule has 2 aromatic rings. The summed E-state index contributed by atoms with van der Waals surface area (Å²) in [6, 6.07) is 11.4. The molecule has 0 unspecified atom stereocenters. The highest BCUT2D eigenvalue weighted by atomic mass is 16.5. The number of hydrogen-bond donors (Lipinski definition) is 2. The number of benzene rings is 1. The van der Waals surface area contributed by atoms with E-state index < -0.39 is 0 Å². The van der Waals surface area contributed by atoms with E-state index >= 15 is 0 Å². The van der Waals surface area contributed by atoms with Crippen molar-refractivity contribution < 1.29 is 9.47 Å². The lowest BCUT2D eigenvalue weighted by atomic mass is 9.98. The molecule has 0 atom stereocenters. The lowest BCUT2D eigenvalue weighted by Crippen LogP contribution is -2.22. The lowest BCUT2D eigenvalue weighted by molar-refractivity contribution is 0.148. The summed E-state index contributed by atoms with van der Waals surface area (Å²) in [5, 5.41) is 3.07. The van der Waals surface area contributed by atoms with Crippen LogP contribution >= 0.6 is 0 Å². The molecule has 0 aliphatic heterocycles. The van der Waals surface area contributed by atoms with Crippen LogP contribution < -0.4 is 20.5 Å². The van der Waals surface area contributed by atoms with E-state index in [9.17, 15) is 0 Å². The van der Waals surface area contributed by atoms with Crippen molar-refractivity contribution in [1.29, 1.82) is 0 Å². The fourth-order valence-electron chi connectivity index (χ4n) is 3.01. The maximum Gasteiger partial charge on any atom is 0.213 e. The van der Waals surface area contributed by atoms with Gasteiger partial charge >= 0.3 is 0 Å². The van der Waals surface area contributed by atoms with Gasteiger partial charge in [-0.1, -0.05) is 6.42 Å². The number of guanidine groups is 1. The zero-order valence-corrected chi connectivity index (χ0v) is 15.1. The number of nitrogens with one attached hydrogen (secondary N) is 1. The summed E-state index contributed by atoms with van der Waals surface area (Å²) in [7, 11) is 1.64. The maximum absolute atomic E-state index is 6.00. The van der Waals surface area contributed by atoms with Gasteiger partial charge in [-0.3, -0.25) is 0 Å². The van der Waals surface area contributed by atoms with Crippen LogP contribution in [0, 0.1) is 0 Å². The molecule has 1 aliphatic rings. The number of ether oxygens (including phenoxy) is 2. The molecule has 3 N–H and O–H groups in total. The predicted octanol–water partition coefficient (Wildman–Crippen LogP) is 3.73. The highest BCUT2D eigenvalue weighted by molar-refractivity contribution is 5.92. The molecule has 1 aromatic heterocycles. The molecule has 3 rings (SSSR count). The maximum atomic E-state index is 6.00. The van der Waals surface area contributed by atoms with Crippen molar-refractivity contribution in [3.8, 4) is 11.6 Å². The number of nitrogens with two attached hydrogens (primary N) is 1. The van der Waals surface area contributed by atoms with Gasteiger partial charge in [0, 0.05) is 18.0 Å². The minimum atomic E-state index is 0.289. The monoisotopic (exact) mass is 354 g/mol. The Morgan fingerprint density at radius 2 is 1.96 bits per heavy atom. The number of nitrogens with zero attached hydrogens (tertiary/aromatic N) is 2. The SMILES string of the molecule is COc1ccc(NC(N)=NCc2ccnc(OC3CCCCC3)c2)cc1. The predicted molar refractivity (Wildman–Crippen MR) is 104 cm³/mol. The average Bonchev–Trinajstić information content (AvgIpc) is 2.68. The average molecular weight is 354 g/mol. The van der Waals surface area contributed by atoms with Crippen molar-refractivity contribution in [2.45, 2.75) is 44.8 Å². The first-order chi connectivity index (χ1) is 12.7. The molecule has 0 spiro atoms. The van der Waals surface area contributed by atoms with Gasteiger partial charge in [0.2, 0.25) is 5.88 Å². The number of anilines is 1. The smallest absolute Gasteiger partial charge is 0.213 e. The second-order valence-electron chi connectivity index (χ2n) is 6.44. The van der Waals surface area contributed by atoms with Crippen molar-refractivity contribution in [2.75, 3.05) is 12.4 Å². The summed E-state index contributed by atoms with van der Waals surface area (Å²) in [6.45, 7) is 0.471. The third-order valence-corrected chi connectivity index (χ3v) is 4.43. The molecule has 1 fully saturated rings. The number of aromatic nitrogens is 1. The number of pyridine rings is 1. The van der Waals surface area contributed by atoms with E-state index in [0.717, 1.165) is 29.8 Å². The third-order valence-electron chi connectivity index (χ3n) is 4.43. The quantitative estimate of drug-likeness (QED) is 0.610. The van der Waals surface area contributed by atoms with Crippen molar-refractivity contribution in [1.82, 2.24) is 4.98 Å². The highest BCUT2D eigenvalue weighted by Gasteiger charge is 2.15. The van der Waals surface area contributed by atoms with Crippen LogP contribution in [-0.4, -0.2) is 24.2 Å². The van der Waals surface area contributed by atoms with E-state index in [0.29, 0.717) is 18.4 Å². The van der Waals surface area contributed by atoms with Gasteiger partial charge in [0.1, 0.15) is 11.9 Å². The van der Waals surface area contributed by atoms with Gasteiger partial charge in [0.05, 0.1) is 13.7 Å². The molecule has 0 saturated heterocycles. The Morgan fingerprint density at radius 3 is 2.69 bits per heavy atom. The summed E-state index contributed by atoms with van der Waals surface area (Å²) in [4.78, 5) is 8.70. The van der Waals surface area contributed by atoms with Gasteiger partial charge in [-0.05, 0) is 61.6 Å². The molecular weight excluding hydrogens is 328 g/mol. The summed E-state index contributed by atoms with van der Waals surface area (Å²) in [6.07, 6.45) is 8.06. The normalized spacial score (nSPS) is 15.5. The molecule has 1 saturated carbocycles. The van der Waals surface area contributed by atoms with E-state index in [2.05, 4.69) is 15.3 Å². The Kier molecular flexibility index (Phi) is 6.30. The first-order valence-electron chi connectivity index (χ1n) is 9.05. The topological polar surface area (TPSA) is 81.8 Å². The van der Waals surface area contributed by atoms with E-state index in [4.69, 9.17) is 15.2 Å². The van der Waals surface area contributed by atoms with Crippen LogP contribution in [0.1, 0.15) is 37.7 Å². The second kappa shape index (κ2) is 9.08. The first-order valence-corrected chi connectivity index (χ1v) is 9.05. The van der Waals surface area contributed by atoms with Crippen molar-refractivity contribution in [3.05, 3.63) is 48.2 Å². The Balaban J connectivity index is 1.55. The summed E-state index contributed by atoms with van der Waals surface area (Å²) in [5.41, 5.74) is 7.86. The molecular formula is C20H26N4O2. The van der Waals surface area contributed by atoms with E-state index in [-0.39, 0.29) is 6.10 Å². The Morgan fingerprint density at radius 1 is 1.19 bits per heavy atom. The largest absolute Gasteiger partial charge is 0.497 e. The molecule has 0 radical (unpaired) electrons. The van der Waals surface area contributed by atoms with Gasteiger partial charge in [-0.15, -0.1) is 0 Å². The first kappa shape index (κ1) is 18.0. The minimum absolute atomic E-state index is 0.289. The fourth-order valence-corrected chi connectivity index (χ4v) is 3.01. The molecule has 26 heavy (non-hydrogen) atoms. The lowest BCUT2D eigenvalue weighted by Gasteiger charge is -2.22. The van der Waals surface area contributed by atoms with Gasteiger partial charge in [0.15, 0.2) is 5.96 Å². The van der Waals surface area contributed by atoms with Crippen LogP contribution in [0.5, 0.6) is 11.6 Å². The van der Waals surface area contributed by atoms with Crippen molar-refractivity contribution >= 4 is 11.6 Å². The van der Waals surface area contributed by atoms with Crippen LogP contribution in [0.2, 0.25) is 0 Å². The standard InChI is InChI=1S/C20H26N4O2/c1-25-17-9-7-16(8-10-17)24-20(21)23-14-15-11-12-22-19(13-15)26-18-5-3-2-4-6-18/h7-13,18H,2-6,14H2,1H3,(H3,21,23,24). The summed E-state index contributed by atoms with van der Waals surface area (Å²) in [5.74, 6) is 1.83. The zero-order valence-electron chi connectivity index (χ0n) is 15.1. The van der Waals surface area contributed by atoms with E-state index in [1.54, 1.807) is 13.3 Å². The van der Waals surface area contributed by atoms with Crippen LogP contribution in [-0.2, 0) is 6.54 Å². The summed E-state index contributed by atoms with van der Waals surface area (Å²) < 4.78 is 11.1. The van der Waals surface area contributed by atoms with E-state index in [1.807, 2.05) is 36.4 Å². The van der Waals surface area contributed by atoms with Crippen molar-refractivity contribution in [3.63, 3.8) is 0 Å². The molecule has 6 heteroatoms. The zero-order chi connectivity index (χ0) is 18.2. The highest BCUT2D eigenvalue weighted by Crippen LogP contribution is 2.22.